The van der Waals surface area contributed by atoms with E-state index < -0.39 is 0 Å². The summed E-state index contributed by atoms with van der Waals surface area (Å²) in [6.07, 6.45) is 5.52. The van der Waals surface area contributed by atoms with Crippen molar-refractivity contribution >= 4 is 11.8 Å². The van der Waals surface area contributed by atoms with Crippen LogP contribution in [0, 0.1) is 6.92 Å². The van der Waals surface area contributed by atoms with Gasteiger partial charge in [-0.1, -0.05) is 0 Å². The quantitative estimate of drug-likeness (QED) is 0.812. The second-order valence-electron chi connectivity index (χ2n) is 5.59. The fourth-order valence-corrected chi connectivity index (χ4v) is 3.77. The van der Waals surface area contributed by atoms with E-state index >= 15 is 0 Å². The standard InChI is InChI=1S/C14H23N3OS/c1-10-13(8-15-11-5-6-11)14(17(2)16-10)19-9-12-4-3-7-18-12/h11-12,15H,3-9H2,1-2H3. The maximum absolute atomic E-state index is 5.70. The Bertz CT molecular complexity index is 436. The predicted molar refractivity (Wildman–Crippen MR) is 77.5 cm³/mol. The third-order valence-electron chi connectivity index (χ3n) is 3.86. The van der Waals surface area contributed by atoms with Crippen LogP contribution in [0.2, 0.25) is 0 Å². The minimum atomic E-state index is 0.435. The van der Waals surface area contributed by atoms with Gasteiger partial charge in [-0.2, -0.15) is 5.10 Å². The van der Waals surface area contributed by atoms with Gasteiger partial charge in [0, 0.05) is 37.6 Å². The van der Waals surface area contributed by atoms with Gasteiger partial charge in [-0.05, 0) is 32.6 Å². The molecule has 1 aliphatic carbocycles. The molecule has 1 saturated heterocycles. The smallest absolute Gasteiger partial charge is 0.0985 e. The van der Waals surface area contributed by atoms with Gasteiger partial charge in [-0.3, -0.25) is 4.68 Å². The van der Waals surface area contributed by atoms with E-state index in [0.29, 0.717) is 6.10 Å². The number of ether oxygens (including phenoxy) is 1. The molecule has 0 aromatic carbocycles. The van der Waals surface area contributed by atoms with Crippen molar-refractivity contribution in [2.24, 2.45) is 7.05 Å². The Morgan fingerprint density at radius 3 is 2.95 bits per heavy atom. The molecule has 1 saturated carbocycles. The molecular weight excluding hydrogens is 258 g/mol. The van der Waals surface area contributed by atoms with Gasteiger partial charge < -0.3 is 10.1 Å². The number of rotatable bonds is 6. The lowest BCUT2D eigenvalue weighted by atomic mass is 10.2. The van der Waals surface area contributed by atoms with Gasteiger partial charge in [0.25, 0.3) is 0 Å². The van der Waals surface area contributed by atoms with Gasteiger partial charge in [0.2, 0.25) is 0 Å². The molecule has 1 N–H and O–H groups in total. The summed E-state index contributed by atoms with van der Waals surface area (Å²) >= 11 is 1.90. The molecule has 2 heterocycles. The van der Waals surface area contributed by atoms with Crippen molar-refractivity contribution in [2.45, 2.75) is 56.3 Å². The number of aryl methyl sites for hydroxylation is 2. The van der Waals surface area contributed by atoms with Gasteiger partial charge in [0.15, 0.2) is 0 Å². The maximum atomic E-state index is 5.70. The normalized spacial score (nSPS) is 23.2. The zero-order chi connectivity index (χ0) is 13.2. The molecule has 1 aromatic heterocycles. The lowest BCUT2D eigenvalue weighted by molar-refractivity contribution is 0.129. The van der Waals surface area contributed by atoms with Crippen LogP contribution in [0.15, 0.2) is 5.03 Å². The van der Waals surface area contributed by atoms with E-state index in [2.05, 4.69) is 17.3 Å². The molecule has 5 heteroatoms. The minimum Gasteiger partial charge on any atom is -0.377 e. The Labute approximate surface area is 119 Å². The first-order valence-electron chi connectivity index (χ1n) is 7.24. The summed E-state index contributed by atoms with van der Waals surface area (Å²) in [6.45, 7) is 4.00. The summed E-state index contributed by atoms with van der Waals surface area (Å²) in [5.41, 5.74) is 2.53. The lowest BCUT2D eigenvalue weighted by Crippen LogP contribution is -2.16. The minimum absolute atomic E-state index is 0.435. The van der Waals surface area contributed by atoms with Crippen LogP contribution >= 0.6 is 11.8 Å². The summed E-state index contributed by atoms with van der Waals surface area (Å²) in [4.78, 5) is 0. The van der Waals surface area contributed by atoms with Gasteiger partial charge >= 0.3 is 0 Å². The van der Waals surface area contributed by atoms with Crippen LogP contribution in [0.3, 0.4) is 0 Å². The van der Waals surface area contributed by atoms with Crippen LogP contribution in [-0.4, -0.2) is 34.3 Å². The Morgan fingerprint density at radius 2 is 2.26 bits per heavy atom. The summed E-state index contributed by atoms with van der Waals surface area (Å²) < 4.78 is 7.73. The molecule has 0 spiro atoms. The Morgan fingerprint density at radius 1 is 1.42 bits per heavy atom. The molecule has 1 unspecified atom stereocenters. The zero-order valence-electron chi connectivity index (χ0n) is 11.8. The molecule has 1 atom stereocenters. The molecule has 106 valence electrons. The van der Waals surface area contributed by atoms with E-state index in [1.807, 2.05) is 23.5 Å². The van der Waals surface area contributed by atoms with Gasteiger partial charge in [-0.25, -0.2) is 0 Å². The highest BCUT2D eigenvalue weighted by Gasteiger charge is 2.23. The van der Waals surface area contributed by atoms with Gasteiger partial charge in [0.1, 0.15) is 0 Å². The monoisotopic (exact) mass is 281 g/mol. The number of nitrogens with zero attached hydrogens (tertiary/aromatic N) is 2. The first-order chi connectivity index (χ1) is 9.24. The van der Waals surface area contributed by atoms with Crippen molar-refractivity contribution in [3.63, 3.8) is 0 Å². The zero-order valence-corrected chi connectivity index (χ0v) is 12.6. The highest BCUT2D eigenvalue weighted by atomic mass is 32.2. The van der Waals surface area contributed by atoms with Crippen LogP contribution in [0.4, 0.5) is 0 Å². The molecule has 2 aliphatic rings. The largest absolute Gasteiger partial charge is 0.377 e. The molecule has 19 heavy (non-hydrogen) atoms. The number of aromatic nitrogens is 2. The van der Waals surface area contributed by atoms with E-state index in [1.165, 1.54) is 36.3 Å². The molecule has 0 bridgehead atoms. The number of thioether (sulfide) groups is 1. The Hall–Kier alpha value is -0.520. The predicted octanol–water partition coefficient (Wildman–Crippen LogP) is 2.25. The lowest BCUT2D eigenvalue weighted by Gasteiger charge is -2.11. The van der Waals surface area contributed by atoms with Gasteiger partial charge in [0.05, 0.1) is 16.8 Å². The first kappa shape index (κ1) is 13.5. The summed E-state index contributed by atoms with van der Waals surface area (Å²) in [5, 5.41) is 9.47. The van der Waals surface area contributed by atoms with E-state index in [0.717, 1.165) is 30.6 Å². The fourth-order valence-electron chi connectivity index (χ4n) is 2.55. The SMILES string of the molecule is Cc1nn(C)c(SCC2CCCO2)c1CNC1CC1. The third kappa shape index (κ3) is 3.33. The maximum Gasteiger partial charge on any atom is 0.0985 e. The van der Waals surface area contributed by atoms with Crippen molar-refractivity contribution in [1.29, 1.82) is 0 Å². The average molecular weight is 281 g/mol. The van der Waals surface area contributed by atoms with Crippen molar-refractivity contribution < 1.29 is 4.74 Å². The van der Waals surface area contributed by atoms with Crippen LogP contribution in [-0.2, 0) is 18.3 Å². The molecule has 1 aromatic rings. The van der Waals surface area contributed by atoms with Crippen LogP contribution < -0.4 is 5.32 Å². The molecule has 1 aliphatic heterocycles. The average Bonchev–Trinajstić information content (AvgIpc) is 2.98. The fraction of sp³-hybridized carbons (Fsp3) is 0.786. The second-order valence-corrected chi connectivity index (χ2v) is 6.60. The van der Waals surface area contributed by atoms with Crippen molar-refractivity contribution in [3.05, 3.63) is 11.3 Å². The molecule has 0 radical (unpaired) electrons. The van der Waals surface area contributed by atoms with E-state index in [4.69, 9.17) is 4.74 Å². The molecule has 4 nitrogen and oxygen atoms in total. The highest BCUT2D eigenvalue weighted by molar-refractivity contribution is 7.99. The third-order valence-corrected chi connectivity index (χ3v) is 5.19. The number of hydrogen-bond donors (Lipinski definition) is 1. The van der Waals surface area contributed by atoms with Crippen molar-refractivity contribution in [2.75, 3.05) is 12.4 Å². The van der Waals surface area contributed by atoms with E-state index in [-0.39, 0.29) is 0 Å². The topological polar surface area (TPSA) is 39.1 Å². The molecule has 3 rings (SSSR count). The highest BCUT2D eigenvalue weighted by Crippen LogP contribution is 2.29. The summed E-state index contributed by atoms with van der Waals surface area (Å²) in [6, 6.07) is 0.746. The van der Waals surface area contributed by atoms with Crippen LogP contribution in [0.25, 0.3) is 0 Å². The Balaban J connectivity index is 1.63. The van der Waals surface area contributed by atoms with Crippen molar-refractivity contribution in [3.8, 4) is 0 Å². The summed E-state index contributed by atoms with van der Waals surface area (Å²) in [7, 11) is 2.05. The molecule has 2 fully saturated rings. The van der Waals surface area contributed by atoms with E-state index in [1.54, 1.807) is 0 Å². The van der Waals surface area contributed by atoms with Gasteiger partial charge in [-0.15, -0.1) is 11.8 Å². The second kappa shape index (κ2) is 5.85. The van der Waals surface area contributed by atoms with Crippen LogP contribution in [0.5, 0.6) is 0 Å². The van der Waals surface area contributed by atoms with E-state index in [9.17, 15) is 0 Å². The molecule has 0 amide bonds. The first-order valence-corrected chi connectivity index (χ1v) is 8.23. The summed E-state index contributed by atoms with van der Waals surface area (Å²) in [5.74, 6) is 1.05. The number of nitrogens with one attached hydrogen (secondary N) is 1. The van der Waals surface area contributed by atoms with Crippen molar-refractivity contribution in [1.82, 2.24) is 15.1 Å². The van der Waals surface area contributed by atoms with Crippen LogP contribution in [0.1, 0.15) is 36.9 Å². The number of hydrogen-bond acceptors (Lipinski definition) is 4. The molecular formula is C14H23N3OS. The Kier molecular flexibility index (Phi) is 4.15.